The Morgan fingerprint density at radius 3 is 2.53 bits per heavy atom. The quantitative estimate of drug-likeness (QED) is 0.548. The van der Waals surface area contributed by atoms with Crippen LogP contribution in [-0.2, 0) is 16.0 Å². The fourth-order valence-corrected chi connectivity index (χ4v) is 4.03. The van der Waals surface area contributed by atoms with Gasteiger partial charge in [-0.05, 0) is 42.4 Å². The number of carbonyl (C=O) groups excluding carboxylic acids is 2. The molecule has 1 aromatic rings. The van der Waals surface area contributed by atoms with Crippen LogP contribution < -0.4 is 5.32 Å². The summed E-state index contributed by atoms with van der Waals surface area (Å²) in [4.78, 5) is 32.6. The molecule has 164 valence electrons. The smallest absolute Gasteiger partial charge is 0.251 e. The van der Waals surface area contributed by atoms with E-state index >= 15 is 0 Å². The van der Waals surface area contributed by atoms with E-state index in [0.717, 1.165) is 30.4 Å². The first-order valence-electron chi connectivity index (χ1n) is 10.5. The molecule has 6 nitrogen and oxygen atoms in total. The number of nitrogens with one attached hydrogen (secondary N) is 1. The van der Waals surface area contributed by atoms with Crippen molar-refractivity contribution in [2.75, 3.05) is 13.1 Å². The molecule has 0 aromatic carbocycles. The Labute approximate surface area is 183 Å². The SMILES string of the molecule is CC(C)CN(CC(C)C)C(=O)[C@H](Cc1cscn1)NC(=O)C1=CCCC(/C=C\O)=C1. The van der Waals surface area contributed by atoms with E-state index in [2.05, 4.69) is 38.0 Å². The lowest BCUT2D eigenvalue weighted by Crippen LogP contribution is -2.51. The van der Waals surface area contributed by atoms with Crippen molar-refractivity contribution in [3.05, 3.63) is 52.2 Å². The molecule has 1 atom stereocenters. The standard InChI is InChI=1S/C23H33N3O3S/c1-16(2)12-26(13-17(3)4)23(29)21(11-20-14-30-15-24-20)25-22(28)19-7-5-6-18(10-19)8-9-27/h7-10,14-17,21,27H,5-6,11-13H2,1-4H3,(H,25,28)/b9-8-/t21-/m0/s1. The van der Waals surface area contributed by atoms with Crippen molar-refractivity contribution in [2.24, 2.45) is 11.8 Å². The third-order valence-electron chi connectivity index (χ3n) is 4.67. The summed E-state index contributed by atoms with van der Waals surface area (Å²) in [5.41, 5.74) is 3.93. The lowest BCUT2D eigenvalue weighted by Gasteiger charge is -2.30. The van der Waals surface area contributed by atoms with E-state index in [0.29, 0.717) is 36.9 Å². The van der Waals surface area contributed by atoms with Gasteiger partial charge in [0, 0.05) is 30.5 Å². The van der Waals surface area contributed by atoms with Gasteiger partial charge in [0.05, 0.1) is 17.5 Å². The molecule has 0 fully saturated rings. The van der Waals surface area contributed by atoms with Gasteiger partial charge in [0.15, 0.2) is 0 Å². The van der Waals surface area contributed by atoms with Crippen LogP contribution in [-0.4, -0.2) is 45.9 Å². The number of aliphatic hydroxyl groups excluding tert-OH is 1. The fraction of sp³-hybridized carbons (Fsp3) is 0.522. The third kappa shape index (κ3) is 7.44. The van der Waals surface area contributed by atoms with E-state index in [-0.39, 0.29) is 11.8 Å². The van der Waals surface area contributed by atoms with Gasteiger partial charge >= 0.3 is 0 Å². The van der Waals surface area contributed by atoms with Crippen molar-refractivity contribution in [2.45, 2.75) is 53.0 Å². The number of allylic oxidation sites excluding steroid dienone is 3. The van der Waals surface area contributed by atoms with Gasteiger partial charge in [0.25, 0.3) is 5.91 Å². The lowest BCUT2D eigenvalue weighted by atomic mass is 9.98. The van der Waals surface area contributed by atoms with Crippen molar-refractivity contribution in [1.29, 1.82) is 0 Å². The van der Waals surface area contributed by atoms with E-state index in [1.807, 2.05) is 16.4 Å². The van der Waals surface area contributed by atoms with Crippen LogP contribution in [0.4, 0.5) is 0 Å². The summed E-state index contributed by atoms with van der Waals surface area (Å²) in [6.45, 7) is 9.64. The number of aromatic nitrogens is 1. The van der Waals surface area contributed by atoms with Gasteiger partial charge in [0.1, 0.15) is 6.04 Å². The van der Waals surface area contributed by atoms with Crippen molar-refractivity contribution in [3.8, 4) is 0 Å². The van der Waals surface area contributed by atoms with Crippen LogP contribution >= 0.6 is 11.3 Å². The number of rotatable bonds is 10. The van der Waals surface area contributed by atoms with Crippen molar-refractivity contribution >= 4 is 23.2 Å². The molecule has 30 heavy (non-hydrogen) atoms. The molecule has 1 aliphatic carbocycles. The van der Waals surface area contributed by atoms with Gasteiger partial charge < -0.3 is 15.3 Å². The maximum Gasteiger partial charge on any atom is 0.251 e. The van der Waals surface area contributed by atoms with Crippen LogP contribution in [0.25, 0.3) is 0 Å². The lowest BCUT2D eigenvalue weighted by molar-refractivity contribution is -0.136. The maximum absolute atomic E-state index is 13.4. The minimum atomic E-state index is -0.676. The number of amides is 2. The zero-order valence-electron chi connectivity index (χ0n) is 18.3. The second kappa shape index (κ2) is 11.7. The second-order valence-corrected chi connectivity index (χ2v) is 9.19. The Kier molecular flexibility index (Phi) is 9.30. The number of aliphatic hydroxyl groups is 1. The molecule has 0 unspecified atom stereocenters. The fourth-order valence-electron chi connectivity index (χ4n) is 3.46. The summed E-state index contributed by atoms with van der Waals surface area (Å²) in [6, 6.07) is -0.676. The van der Waals surface area contributed by atoms with Crippen LogP contribution in [0.5, 0.6) is 0 Å². The van der Waals surface area contributed by atoms with Crippen LogP contribution in [0.2, 0.25) is 0 Å². The molecule has 0 saturated heterocycles. The predicted octanol–water partition coefficient (Wildman–Crippen LogP) is 4.03. The van der Waals surface area contributed by atoms with Crippen molar-refractivity contribution < 1.29 is 14.7 Å². The van der Waals surface area contributed by atoms with Gasteiger partial charge in [-0.1, -0.05) is 33.8 Å². The monoisotopic (exact) mass is 431 g/mol. The summed E-state index contributed by atoms with van der Waals surface area (Å²) in [7, 11) is 0. The Morgan fingerprint density at radius 1 is 1.27 bits per heavy atom. The van der Waals surface area contributed by atoms with Crippen LogP contribution in [0.3, 0.4) is 0 Å². The highest BCUT2D eigenvalue weighted by atomic mass is 32.1. The molecule has 1 aromatic heterocycles. The molecule has 2 N–H and O–H groups in total. The Bertz CT molecular complexity index is 785. The summed E-state index contributed by atoms with van der Waals surface area (Å²) < 4.78 is 0. The molecular weight excluding hydrogens is 398 g/mol. The summed E-state index contributed by atoms with van der Waals surface area (Å²) in [6.07, 6.45) is 8.05. The Morgan fingerprint density at radius 2 is 1.97 bits per heavy atom. The second-order valence-electron chi connectivity index (χ2n) is 8.47. The highest BCUT2D eigenvalue weighted by Crippen LogP contribution is 2.19. The average Bonchev–Trinajstić information content (AvgIpc) is 3.19. The summed E-state index contributed by atoms with van der Waals surface area (Å²) >= 11 is 1.47. The van der Waals surface area contributed by atoms with E-state index < -0.39 is 6.04 Å². The topological polar surface area (TPSA) is 82.5 Å². The van der Waals surface area contributed by atoms with Crippen LogP contribution in [0.1, 0.15) is 46.2 Å². The molecule has 0 aliphatic heterocycles. The van der Waals surface area contributed by atoms with E-state index in [1.165, 1.54) is 11.3 Å². The minimum absolute atomic E-state index is 0.0744. The molecule has 2 rings (SSSR count). The molecule has 0 radical (unpaired) electrons. The molecule has 2 amide bonds. The zero-order valence-corrected chi connectivity index (χ0v) is 19.1. The zero-order chi connectivity index (χ0) is 22.1. The summed E-state index contributed by atoms with van der Waals surface area (Å²) in [5, 5.41) is 13.9. The summed E-state index contributed by atoms with van der Waals surface area (Å²) in [5.74, 6) is 0.316. The minimum Gasteiger partial charge on any atom is -0.516 e. The van der Waals surface area contributed by atoms with Crippen LogP contribution in [0.15, 0.2) is 46.5 Å². The Hall–Kier alpha value is -2.41. The number of hydrogen-bond acceptors (Lipinski definition) is 5. The molecule has 0 bridgehead atoms. The highest BCUT2D eigenvalue weighted by molar-refractivity contribution is 7.07. The molecule has 7 heteroatoms. The van der Waals surface area contributed by atoms with E-state index in [4.69, 9.17) is 5.11 Å². The first kappa shape index (κ1) is 23.9. The molecular formula is C23H33N3O3S. The van der Waals surface area contributed by atoms with E-state index in [9.17, 15) is 9.59 Å². The molecule has 1 aliphatic rings. The number of thiazole rings is 1. The predicted molar refractivity (Wildman–Crippen MR) is 121 cm³/mol. The third-order valence-corrected chi connectivity index (χ3v) is 5.31. The van der Waals surface area contributed by atoms with Gasteiger partial charge in [-0.25, -0.2) is 4.98 Å². The van der Waals surface area contributed by atoms with E-state index in [1.54, 1.807) is 17.7 Å². The number of nitrogens with zero attached hydrogens (tertiary/aromatic N) is 2. The van der Waals surface area contributed by atoms with Crippen molar-refractivity contribution in [3.63, 3.8) is 0 Å². The van der Waals surface area contributed by atoms with Gasteiger partial charge in [0.2, 0.25) is 5.91 Å². The largest absolute Gasteiger partial charge is 0.516 e. The Balaban J connectivity index is 2.22. The van der Waals surface area contributed by atoms with Gasteiger partial charge in [-0.2, -0.15) is 0 Å². The van der Waals surface area contributed by atoms with Crippen LogP contribution in [0, 0.1) is 11.8 Å². The number of hydrogen-bond donors (Lipinski definition) is 2. The molecule has 0 saturated carbocycles. The number of carbonyl (C=O) groups is 2. The van der Waals surface area contributed by atoms with Crippen molar-refractivity contribution in [1.82, 2.24) is 15.2 Å². The average molecular weight is 432 g/mol. The first-order valence-corrected chi connectivity index (χ1v) is 11.4. The molecule has 1 heterocycles. The molecule has 0 spiro atoms. The normalized spacial score (nSPS) is 15.3. The first-order chi connectivity index (χ1) is 14.3. The highest BCUT2D eigenvalue weighted by Gasteiger charge is 2.28. The maximum atomic E-state index is 13.4. The van der Waals surface area contributed by atoms with Gasteiger partial charge in [-0.3, -0.25) is 9.59 Å². The van der Waals surface area contributed by atoms with Gasteiger partial charge in [-0.15, -0.1) is 11.3 Å².